The van der Waals surface area contributed by atoms with Gasteiger partial charge in [-0.1, -0.05) is 63.9 Å². The molecule has 100 valence electrons. The molecule has 0 aliphatic carbocycles. The van der Waals surface area contributed by atoms with Crippen LogP contribution in [-0.4, -0.2) is 11.1 Å². The highest BCUT2D eigenvalue weighted by Gasteiger charge is 2.20. The number of aliphatic carboxylic acids is 1. The number of carboxylic acid groups (broad SMARTS) is 1. The van der Waals surface area contributed by atoms with Gasteiger partial charge in [0.2, 0.25) is 0 Å². The maximum atomic E-state index is 10.6. The lowest BCUT2D eigenvalue weighted by Crippen LogP contribution is -2.17. The van der Waals surface area contributed by atoms with E-state index in [1.54, 1.807) is 0 Å². The Morgan fingerprint density at radius 1 is 1.28 bits per heavy atom. The molecule has 0 heterocycles. The molecular formula is C16H24O2. The van der Waals surface area contributed by atoms with E-state index in [4.69, 9.17) is 5.11 Å². The van der Waals surface area contributed by atoms with Gasteiger partial charge in [-0.15, -0.1) is 0 Å². The van der Waals surface area contributed by atoms with Crippen LogP contribution >= 0.6 is 0 Å². The second-order valence-electron chi connectivity index (χ2n) is 5.85. The molecule has 0 aliphatic rings. The van der Waals surface area contributed by atoms with Crippen molar-refractivity contribution in [1.82, 2.24) is 0 Å². The summed E-state index contributed by atoms with van der Waals surface area (Å²) in [6, 6.07) is 10.5. The van der Waals surface area contributed by atoms with Gasteiger partial charge >= 0.3 is 5.97 Å². The molecule has 0 aliphatic heterocycles. The normalized spacial score (nSPS) is 13.3. The van der Waals surface area contributed by atoms with E-state index in [0.717, 1.165) is 19.3 Å². The molecule has 2 heteroatoms. The van der Waals surface area contributed by atoms with Crippen LogP contribution in [0.4, 0.5) is 0 Å². The van der Waals surface area contributed by atoms with Gasteiger partial charge in [-0.3, -0.25) is 4.79 Å². The van der Waals surface area contributed by atoms with E-state index >= 15 is 0 Å². The van der Waals surface area contributed by atoms with E-state index in [-0.39, 0.29) is 17.8 Å². The van der Waals surface area contributed by atoms with Crippen LogP contribution in [0.5, 0.6) is 0 Å². The van der Waals surface area contributed by atoms with Gasteiger partial charge in [-0.05, 0) is 23.3 Å². The van der Waals surface area contributed by atoms with Gasteiger partial charge in [-0.25, -0.2) is 0 Å². The summed E-state index contributed by atoms with van der Waals surface area (Å²) in [4.78, 5) is 10.6. The van der Waals surface area contributed by atoms with Crippen LogP contribution in [0.1, 0.15) is 52.0 Å². The van der Waals surface area contributed by atoms with Crippen molar-refractivity contribution in [2.24, 2.45) is 5.92 Å². The lowest BCUT2D eigenvalue weighted by Gasteiger charge is -2.25. The Hall–Kier alpha value is -1.31. The number of hydrogen-bond donors (Lipinski definition) is 1. The molecule has 1 unspecified atom stereocenters. The Morgan fingerprint density at radius 2 is 1.89 bits per heavy atom. The number of hydrogen-bond acceptors (Lipinski definition) is 1. The quantitative estimate of drug-likeness (QED) is 0.783. The average molecular weight is 248 g/mol. The van der Waals surface area contributed by atoms with Crippen LogP contribution in [0.15, 0.2) is 30.3 Å². The highest BCUT2D eigenvalue weighted by atomic mass is 16.4. The first-order valence-electron chi connectivity index (χ1n) is 6.69. The Labute approximate surface area is 110 Å². The summed E-state index contributed by atoms with van der Waals surface area (Å²) in [5.41, 5.74) is 1.53. The zero-order valence-electron chi connectivity index (χ0n) is 11.6. The summed E-state index contributed by atoms with van der Waals surface area (Å²) in [7, 11) is 0. The molecular weight excluding hydrogens is 224 g/mol. The minimum absolute atomic E-state index is 0.171. The van der Waals surface area contributed by atoms with Crippen molar-refractivity contribution < 1.29 is 9.90 Å². The molecule has 1 atom stereocenters. The summed E-state index contributed by atoms with van der Waals surface area (Å²) < 4.78 is 0. The van der Waals surface area contributed by atoms with Crippen LogP contribution in [0, 0.1) is 5.92 Å². The zero-order chi connectivity index (χ0) is 13.6. The molecule has 2 nitrogen and oxygen atoms in total. The largest absolute Gasteiger partial charge is 0.481 e. The van der Waals surface area contributed by atoms with Gasteiger partial charge in [0.15, 0.2) is 0 Å². The summed E-state index contributed by atoms with van der Waals surface area (Å²) in [6.07, 6.45) is 3.45. The van der Waals surface area contributed by atoms with Crippen LogP contribution in [0.25, 0.3) is 0 Å². The van der Waals surface area contributed by atoms with Crippen molar-refractivity contribution in [2.45, 2.75) is 51.9 Å². The fourth-order valence-electron chi connectivity index (χ4n) is 2.33. The van der Waals surface area contributed by atoms with Crippen molar-refractivity contribution in [2.75, 3.05) is 0 Å². The molecule has 1 aromatic carbocycles. The third kappa shape index (κ3) is 4.91. The van der Waals surface area contributed by atoms with Gasteiger partial charge in [0, 0.05) is 6.42 Å². The van der Waals surface area contributed by atoms with E-state index < -0.39 is 5.97 Å². The third-order valence-corrected chi connectivity index (χ3v) is 3.58. The molecule has 18 heavy (non-hydrogen) atoms. The molecule has 1 aromatic rings. The fourth-order valence-corrected chi connectivity index (χ4v) is 2.33. The molecule has 0 aromatic heterocycles. The summed E-state index contributed by atoms with van der Waals surface area (Å²) in [5, 5.41) is 8.72. The standard InChI is InChI=1S/C16H24O2/c1-13(12-15(17)18)8-7-11-16(2,3)14-9-5-4-6-10-14/h4-6,9-10,13H,7-8,11-12H2,1-3H3,(H,17,18). The molecule has 0 radical (unpaired) electrons. The number of benzene rings is 1. The minimum atomic E-state index is -0.690. The molecule has 0 amide bonds. The second-order valence-corrected chi connectivity index (χ2v) is 5.85. The first kappa shape index (κ1) is 14.7. The van der Waals surface area contributed by atoms with E-state index in [2.05, 4.69) is 38.1 Å². The van der Waals surface area contributed by atoms with Crippen molar-refractivity contribution >= 4 is 5.97 Å². The molecule has 0 saturated heterocycles. The van der Waals surface area contributed by atoms with Gasteiger partial charge in [0.1, 0.15) is 0 Å². The SMILES string of the molecule is CC(CCCC(C)(C)c1ccccc1)CC(=O)O. The van der Waals surface area contributed by atoms with E-state index in [0.29, 0.717) is 0 Å². The lowest BCUT2D eigenvalue weighted by atomic mass is 9.79. The van der Waals surface area contributed by atoms with E-state index in [1.807, 2.05) is 13.0 Å². The van der Waals surface area contributed by atoms with Crippen molar-refractivity contribution in [3.05, 3.63) is 35.9 Å². The molecule has 1 N–H and O–H groups in total. The average Bonchev–Trinajstić information content (AvgIpc) is 2.29. The maximum Gasteiger partial charge on any atom is 0.303 e. The highest BCUT2D eigenvalue weighted by Crippen LogP contribution is 2.29. The molecule has 0 spiro atoms. The van der Waals surface area contributed by atoms with Crippen molar-refractivity contribution in [1.29, 1.82) is 0 Å². The summed E-state index contributed by atoms with van der Waals surface area (Å²) in [5.74, 6) is -0.418. The first-order chi connectivity index (χ1) is 8.42. The number of rotatable bonds is 7. The maximum absolute atomic E-state index is 10.6. The summed E-state index contributed by atoms with van der Waals surface area (Å²) >= 11 is 0. The minimum Gasteiger partial charge on any atom is -0.481 e. The third-order valence-electron chi connectivity index (χ3n) is 3.58. The van der Waals surface area contributed by atoms with Gasteiger partial charge in [0.05, 0.1) is 0 Å². The van der Waals surface area contributed by atoms with Crippen LogP contribution in [-0.2, 0) is 10.2 Å². The Morgan fingerprint density at radius 3 is 2.44 bits per heavy atom. The predicted octanol–water partition coefficient (Wildman–Crippen LogP) is 4.25. The number of carbonyl (C=O) groups is 1. The smallest absolute Gasteiger partial charge is 0.303 e. The van der Waals surface area contributed by atoms with E-state index in [9.17, 15) is 4.79 Å². The summed E-state index contributed by atoms with van der Waals surface area (Å²) in [6.45, 7) is 6.53. The Balaban J connectivity index is 2.41. The van der Waals surface area contributed by atoms with Crippen LogP contribution in [0.2, 0.25) is 0 Å². The lowest BCUT2D eigenvalue weighted by molar-refractivity contribution is -0.138. The Bertz CT molecular complexity index is 368. The van der Waals surface area contributed by atoms with Crippen molar-refractivity contribution in [3.63, 3.8) is 0 Å². The topological polar surface area (TPSA) is 37.3 Å². The monoisotopic (exact) mass is 248 g/mol. The highest BCUT2D eigenvalue weighted by molar-refractivity contribution is 5.66. The predicted molar refractivity (Wildman–Crippen MR) is 74.7 cm³/mol. The van der Waals surface area contributed by atoms with Crippen LogP contribution in [0.3, 0.4) is 0 Å². The van der Waals surface area contributed by atoms with Gasteiger partial charge < -0.3 is 5.11 Å². The molecule has 1 rings (SSSR count). The van der Waals surface area contributed by atoms with Gasteiger partial charge in [-0.2, -0.15) is 0 Å². The first-order valence-corrected chi connectivity index (χ1v) is 6.69. The van der Waals surface area contributed by atoms with Gasteiger partial charge in [0.25, 0.3) is 0 Å². The van der Waals surface area contributed by atoms with Crippen LogP contribution < -0.4 is 0 Å². The molecule has 0 saturated carbocycles. The Kier molecular flexibility index (Phi) is 5.39. The second kappa shape index (κ2) is 6.58. The number of carboxylic acids is 1. The molecule has 0 bridgehead atoms. The zero-order valence-corrected chi connectivity index (χ0v) is 11.6. The van der Waals surface area contributed by atoms with Crippen molar-refractivity contribution in [3.8, 4) is 0 Å². The fraction of sp³-hybridized carbons (Fsp3) is 0.562. The van der Waals surface area contributed by atoms with E-state index in [1.165, 1.54) is 5.56 Å². The molecule has 0 fully saturated rings.